The van der Waals surface area contributed by atoms with Gasteiger partial charge in [-0.25, -0.2) is 13.1 Å². The molecule has 2 aromatic carbocycles. The Morgan fingerprint density at radius 1 is 1.00 bits per heavy atom. The van der Waals surface area contributed by atoms with Gasteiger partial charge in [-0.2, -0.15) is 0 Å². The van der Waals surface area contributed by atoms with Crippen LogP contribution in [0.3, 0.4) is 0 Å². The van der Waals surface area contributed by atoms with E-state index in [0.717, 1.165) is 23.1 Å². The maximum atomic E-state index is 12.5. The van der Waals surface area contributed by atoms with Crippen molar-refractivity contribution in [3.8, 4) is 0 Å². The molecule has 2 aromatic rings. The molecule has 4 nitrogen and oxygen atoms in total. The number of halogens is 1. The van der Waals surface area contributed by atoms with E-state index in [1.54, 1.807) is 24.3 Å². The summed E-state index contributed by atoms with van der Waals surface area (Å²) in [5.41, 5.74) is 1.15. The van der Waals surface area contributed by atoms with Crippen LogP contribution in [0, 0.1) is 0 Å². The number of nitrogens with zero attached hydrogens (tertiary/aromatic N) is 1. The fraction of sp³-hybridized carbons (Fsp3) is 0.333. The molecule has 0 amide bonds. The monoisotopic (exact) mass is 408 g/mol. The van der Waals surface area contributed by atoms with Gasteiger partial charge in [0.2, 0.25) is 10.0 Å². The van der Waals surface area contributed by atoms with Crippen LogP contribution in [-0.2, 0) is 10.0 Å². The lowest BCUT2D eigenvalue weighted by atomic mass is 10.1. The molecule has 1 fully saturated rings. The van der Waals surface area contributed by atoms with Crippen molar-refractivity contribution in [1.29, 1.82) is 0 Å². The molecule has 1 aliphatic heterocycles. The summed E-state index contributed by atoms with van der Waals surface area (Å²) in [4.78, 5) is 2.65. The van der Waals surface area contributed by atoms with Crippen LogP contribution in [0.1, 0.15) is 24.4 Å². The van der Waals surface area contributed by atoms with E-state index >= 15 is 0 Å². The molecule has 128 valence electrons. The van der Waals surface area contributed by atoms with Gasteiger partial charge in [0, 0.05) is 17.1 Å². The summed E-state index contributed by atoms with van der Waals surface area (Å²) in [5.74, 6) is 0. The summed E-state index contributed by atoms with van der Waals surface area (Å²) in [6.45, 7) is 2.40. The highest BCUT2D eigenvalue weighted by Crippen LogP contribution is 2.25. The van der Waals surface area contributed by atoms with Crippen molar-refractivity contribution >= 4 is 26.0 Å². The minimum atomic E-state index is -3.51. The average molecular weight is 409 g/mol. The Morgan fingerprint density at radius 3 is 2.25 bits per heavy atom. The van der Waals surface area contributed by atoms with Gasteiger partial charge in [0.05, 0.1) is 4.90 Å². The lowest BCUT2D eigenvalue weighted by Gasteiger charge is -2.28. The first kappa shape index (κ1) is 17.6. The summed E-state index contributed by atoms with van der Waals surface area (Å²) in [5, 5.41) is 0. The maximum Gasteiger partial charge on any atom is 0.240 e. The molecular formula is C18H21BrN2O2S. The molecule has 1 atom stereocenters. The lowest BCUT2D eigenvalue weighted by molar-refractivity contribution is 0.246. The molecule has 3 rings (SSSR count). The second-order valence-corrected chi connectivity index (χ2v) is 8.66. The van der Waals surface area contributed by atoms with Gasteiger partial charge in [0.1, 0.15) is 0 Å². The third-order valence-corrected chi connectivity index (χ3v) is 6.32. The topological polar surface area (TPSA) is 49.4 Å². The second-order valence-electron chi connectivity index (χ2n) is 5.98. The standard InChI is InChI=1S/C18H21BrN2O2S/c19-16-8-10-17(11-9-16)24(22,23)20-14-18(21-12-4-5-13-21)15-6-2-1-3-7-15/h1-3,6-11,18,20H,4-5,12-14H2. The molecule has 0 aromatic heterocycles. The first-order valence-corrected chi connectivity index (χ1v) is 10.4. The van der Waals surface area contributed by atoms with Gasteiger partial charge in [-0.15, -0.1) is 0 Å². The van der Waals surface area contributed by atoms with Gasteiger partial charge >= 0.3 is 0 Å². The lowest BCUT2D eigenvalue weighted by Crippen LogP contribution is -2.36. The van der Waals surface area contributed by atoms with E-state index < -0.39 is 10.0 Å². The van der Waals surface area contributed by atoms with Crippen molar-refractivity contribution in [2.24, 2.45) is 0 Å². The van der Waals surface area contributed by atoms with Crippen LogP contribution in [-0.4, -0.2) is 33.0 Å². The van der Waals surface area contributed by atoms with Crippen LogP contribution in [0.5, 0.6) is 0 Å². The molecule has 0 radical (unpaired) electrons. The van der Waals surface area contributed by atoms with Crippen LogP contribution in [0.25, 0.3) is 0 Å². The van der Waals surface area contributed by atoms with Gasteiger partial charge < -0.3 is 0 Å². The molecule has 24 heavy (non-hydrogen) atoms. The maximum absolute atomic E-state index is 12.5. The van der Waals surface area contributed by atoms with Crippen LogP contribution in [0.4, 0.5) is 0 Å². The van der Waals surface area contributed by atoms with Crippen LogP contribution in [0.2, 0.25) is 0 Å². The Balaban J connectivity index is 1.76. The van der Waals surface area contributed by atoms with E-state index in [4.69, 9.17) is 0 Å². The van der Waals surface area contributed by atoms with Gasteiger partial charge in [-0.05, 0) is 55.8 Å². The molecule has 1 N–H and O–H groups in total. The molecule has 1 aliphatic rings. The third-order valence-electron chi connectivity index (χ3n) is 4.36. The Morgan fingerprint density at radius 2 is 1.62 bits per heavy atom. The minimum absolute atomic E-state index is 0.0684. The Hall–Kier alpha value is -1.21. The first-order chi connectivity index (χ1) is 11.6. The van der Waals surface area contributed by atoms with Crippen molar-refractivity contribution in [2.45, 2.75) is 23.8 Å². The highest BCUT2D eigenvalue weighted by atomic mass is 79.9. The number of hydrogen-bond donors (Lipinski definition) is 1. The van der Waals surface area contributed by atoms with E-state index in [-0.39, 0.29) is 6.04 Å². The summed E-state index contributed by atoms with van der Waals surface area (Å²) >= 11 is 3.33. The zero-order valence-corrected chi connectivity index (χ0v) is 15.8. The smallest absolute Gasteiger partial charge is 0.240 e. The number of likely N-dealkylation sites (tertiary alicyclic amines) is 1. The normalized spacial score (nSPS) is 17.0. The number of sulfonamides is 1. The minimum Gasteiger partial charge on any atom is -0.295 e. The van der Waals surface area contributed by atoms with E-state index in [9.17, 15) is 8.42 Å². The summed E-state index contributed by atoms with van der Waals surface area (Å²) in [7, 11) is -3.51. The first-order valence-electron chi connectivity index (χ1n) is 8.10. The number of rotatable bonds is 6. The van der Waals surface area contributed by atoms with Gasteiger partial charge in [-0.3, -0.25) is 4.90 Å². The molecule has 1 saturated heterocycles. The summed E-state index contributed by atoms with van der Waals surface area (Å²) in [6.07, 6.45) is 2.34. The molecule has 0 bridgehead atoms. The van der Waals surface area contributed by atoms with E-state index in [1.807, 2.05) is 18.2 Å². The van der Waals surface area contributed by atoms with Crippen LogP contribution in [0.15, 0.2) is 64.0 Å². The highest BCUT2D eigenvalue weighted by molar-refractivity contribution is 9.10. The summed E-state index contributed by atoms with van der Waals surface area (Å²) in [6, 6.07) is 16.9. The fourth-order valence-corrected chi connectivity index (χ4v) is 4.37. The predicted molar refractivity (Wildman–Crippen MR) is 99.3 cm³/mol. The molecule has 1 unspecified atom stereocenters. The highest BCUT2D eigenvalue weighted by Gasteiger charge is 2.25. The zero-order chi connectivity index (χ0) is 17.0. The van der Waals surface area contributed by atoms with E-state index in [2.05, 4.69) is 37.7 Å². The number of benzene rings is 2. The molecular weight excluding hydrogens is 388 g/mol. The molecule has 1 heterocycles. The Labute approximate surface area is 152 Å². The van der Waals surface area contributed by atoms with Gasteiger partial charge in [0.15, 0.2) is 0 Å². The van der Waals surface area contributed by atoms with Crippen LogP contribution >= 0.6 is 15.9 Å². The van der Waals surface area contributed by atoms with Crippen molar-refractivity contribution in [2.75, 3.05) is 19.6 Å². The van der Waals surface area contributed by atoms with Crippen molar-refractivity contribution < 1.29 is 8.42 Å². The Kier molecular flexibility index (Phi) is 5.71. The molecule has 6 heteroatoms. The van der Waals surface area contributed by atoms with E-state index in [0.29, 0.717) is 11.4 Å². The van der Waals surface area contributed by atoms with Crippen molar-refractivity contribution in [3.63, 3.8) is 0 Å². The summed E-state index contributed by atoms with van der Waals surface area (Å²) < 4.78 is 28.7. The Bertz CT molecular complexity index is 757. The number of hydrogen-bond acceptors (Lipinski definition) is 3. The fourth-order valence-electron chi connectivity index (χ4n) is 3.07. The van der Waals surface area contributed by atoms with Crippen molar-refractivity contribution in [3.05, 3.63) is 64.6 Å². The molecule has 0 spiro atoms. The average Bonchev–Trinajstić information content (AvgIpc) is 3.11. The largest absolute Gasteiger partial charge is 0.295 e. The van der Waals surface area contributed by atoms with Crippen molar-refractivity contribution in [1.82, 2.24) is 9.62 Å². The third kappa shape index (κ3) is 4.25. The SMILES string of the molecule is O=S(=O)(NCC(c1ccccc1)N1CCCC1)c1ccc(Br)cc1. The second kappa shape index (κ2) is 7.78. The predicted octanol–water partition coefficient (Wildman–Crippen LogP) is 3.56. The zero-order valence-electron chi connectivity index (χ0n) is 13.4. The van der Waals surface area contributed by atoms with Gasteiger partial charge in [0.25, 0.3) is 0 Å². The van der Waals surface area contributed by atoms with E-state index in [1.165, 1.54) is 12.8 Å². The molecule has 0 aliphatic carbocycles. The van der Waals surface area contributed by atoms with Gasteiger partial charge in [-0.1, -0.05) is 46.3 Å². The quantitative estimate of drug-likeness (QED) is 0.794. The van der Waals surface area contributed by atoms with Crippen LogP contribution < -0.4 is 4.72 Å². The number of nitrogens with one attached hydrogen (secondary N) is 1. The molecule has 0 saturated carbocycles.